The van der Waals surface area contributed by atoms with Crippen LogP contribution in [-0.4, -0.2) is 45.9 Å². The number of ether oxygens (including phenoxy) is 1. The van der Waals surface area contributed by atoms with E-state index in [0.717, 1.165) is 5.69 Å². The summed E-state index contributed by atoms with van der Waals surface area (Å²) in [5, 5.41) is 12.5. The van der Waals surface area contributed by atoms with Crippen molar-refractivity contribution in [3.63, 3.8) is 0 Å². The van der Waals surface area contributed by atoms with Gasteiger partial charge in [0, 0.05) is 36.5 Å². The fourth-order valence-corrected chi connectivity index (χ4v) is 3.76. The second kappa shape index (κ2) is 10.3. The van der Waals surface area contributed by atoms with E-state index in [1.807, 2.05) is 28.8 Å². The molecule has 0 fully saturated rings. The van der Waals surface area contributed by atoms with E-state index < -0.39 is 0 Å². The molecule has 0 radical (unpaired) electrons. The Hall–Kier alpha value is -2.84. The Morgan fingerprint density at radius 3 is 2.63 bits per heavy atom. The molecule has 1 N–H and O–H groups in total. The largest absolute Gasteiger partial charge is 0.497 e. The lowest BCUT2D eigenvalue weighted by atomic mass is 10.1. The molecule has 0 spiro atoms. The van der Waals surface area contributed by atoms with E-state index in [4.69, 9.17) is 16.3 Å². The molecule has 0 aliphatic heterocycles. The van der Waals surface area contributed by atoms with Crippen LogP contribution < -0.4 is 10.1 Å². The summed E-state index contributed by atoms with van der Waals surface area (Å²) in [6, 6.07) is 14.3. The van der Waals surface area contributed by atoms with Crippen LogP contribution in [0.2, 0.25) is 5.02 Å². The van der Waals surface area contributed by atoms with Gasteiger partial charge in [0.15, 0.2) is 10.9 Å². The number of benzene rings is 2. The number of methoxy groups -OCH3 is 1. The maximum Gasteiger partial charge on any atom is 0.216 e. The van der Waals surface area contributed by atoms with Crippen LogP contribution in [-0.2, 0) is 11.2 Å². The molecule has 1 heterocycles. The number of Topliss-reactive ketones (excluding diaryl/α,β-unsaturated/α-hetero) is 1. The van der Waals surface area contributed by atoms with Gasteiger partial charge in [0.2, 0.25) is 5.91 Å². The molecule has 3 aromatic rings. The number of ketones is 1. The molecule has 9 heteroatoms. The van der Waals surface area contributed by atoms with Crippen molar-refractivity contribution in [2.45, 2.75) is 18.5 Å². The molecule has 1 amide bonds. The molecule has 0 bridgehead atoms. The zero-order valence-corrected chi connectivity index (χ0v) is 18.2. The minimum Gasteiger partial charge on any atom is -0.497 e. The number of carbonyl (C=O) groups is 2. The molecule has 0 aliphatic rings. The van der Waals surface area contributed by atoms with Gasteiger partial charge in [-0.1, -0.05) is 29.4 Å². The minimum absolute atomic E-state index is 0.0309. The lowest BCUT2D eigenvalue weighted by Crippen LogP contribution is -2.23. The zero-order valence-electron chi connectivity index (χ0n) is 16.6. The van der Waals surface area contributed by atoms with E-state index >= 15 is 0 Å². The highest BCUT2D eigenvalue weighted by molar-refractivity contribution is 7.99. The smallest absolute Gasteiger partial charge is 0.216 e. The van der Waals surface area contributed by atoms with Gasteiger partial charge in [-0.25, -0.2) is 0 Å². The number of amides is 1. The van der Waals surface area contributed by atoms with Crippen LogP contribution >= 0.6 is 23.4 Å². The predicted molar refractivity (Wildman–Crippen MR) is 117 cm³/mol. The molecule has 7 nitrogen and oxygen atoms in total. The summed E-state index contributed by atoms with van der Waals surface area (Å²) in [5.74, 6) is 1.44. The maximum atomic E-state index is 12.5. The first-order valence-electron chi connectivity index (χ1n) is 9.22. The van der Waals surface area contributed by atoms with E-state index in [9.17, 15) is 9.59 Å². The molecule has 3 rings (SSSR count). The lowest BCUT2D eigenvalue weighted by molar-refractivity contribution is -0.118. The summed E-state index contributed by atoms with van der Waals surface area (Å²) < 4.78 is 7.21. The van der Waals surface area contributed by atoms with Gasteiger partial charge in [-0.2, -0.15) is 0 Å². The van der Waals surface area contributed by atoms with Gasteiger partial charge >= 0.3 is 0 Å². The molecule has 30 heavy (non-hydrogen) atoms. The van der Waals surface area contributed by atoms with Crippen LogP contribution in [0.5, 0.6) is 5.75 Å². The number of nitrogens with zero attached hydrogens (tertiary/aromatic N) is 3. The number of thioether (sulfide) groups is 1. The second-order valence-corrected chi connectivity index (χ2v) is 7.77. The SMILES string of the molecule is COc1cccc(-n2c(CCNC(C)=O)nnc2SCC(=O)c2ccc(Cl)cc2)c1. The monoisotopic (exact) mass is 444 g/mol. The molecule has 1 aromatic heterocycles. The van der Waals surface area contributed by atoms with E-state index in [0.29, 0.717) is 40.3 Å². The summed E-state index contributed by atoms with van der Waals surface area (Å²) in [6.45, 7) is 1.91. The number of carbonyl (C=O) groups excluding carboxylic acids is 2. The number of nitrogens with one attached hydrogen (secondary N) is 1. The molecule has 0 unspecified atom stereocenters. The minimum atomic E-state index is -0.106. The van der Waals surface area contributed by atoms with E-state index in [2.05, 4.69) is 15.5 Å². The van der Waals surface area contributed by atoms with Crippen LogP contribution in [0.25, 0.3) is 5.69 Å². The standard InChI is InChI=1S/C21H21ClN4O3S/c1-14(27)23-11-10-20-24-25-21(26(20)17-4-3-5-18(12-17)29-2)30-13-19(28)15-6-8-16(22)9-7-15/h3-9,12H,10-11,13H2,1-2H3,(H,23,27). The van der Waals surface area contributed by atoms with E-state index in [1.165, 1.54) is 18.7 Å². The van der Waals surface area contributed by atoms with E-state index in [1.54, 1.807) is 31.4 Å². The van der Waals surface area contributed by atoms with Crippen LogP contribution in [0.4, 0.5) is 0 Å². The first-order chi connectivity index (χ1) is 14.5. The number of halogens is 1. The average Bonchev–Trinajstić information content (AvgIpc) is 3.15. The van der Waals surface area contributed by atoms with Crippen molar-refractivity contribution in [3.8, 4) is 11.4 Å². The summed E-state index contributed by atoms with van der Waals surface area (Å²) in [4.78, 5) is 23.7. The maximum absolute atomic E-state index is 12.5. The number of hydrogen-bond donors (Lipinski definition) is 1. The normalized spacial score (nSPS) is 10.6. The molecular weight excluding hydrogens is 424 g/mol. The van der Waals surface area contributed by atoms with Crippen LogP contribution in [0, 0.1) is 0 Å². The van der Waals surface area contributed by atoms with Gasteiger partial charge in [-0.3, -0.25) is 14.2 Å². The predicted octanol–water partition coefficient (Wildman–Crippen LogP) is 3.58. The highest BCUT2D eigenvalue weighted by Gasteiger charge is 2.17. The van der Waals surface area contributed by atoms with Crippen molar-refractivity contribution in [3.05, 3.63) is 64.9 Å². The van der Waals surface area contributed by atoms with Crippen molar-refractivity contribution < 1.29 is 14.3 Å². The molecule has 156 valence electrons. The Morgan fingerprint density at radius 2 is 1.93 bits per heavy atom. The topological polar surface area (TPSA) is 86.1 Å². The molecule has 0 saturated heterocycles. The molecular formula is C21H21ClN4O3S. The number of hydrogen-bond acceptors (Lipinski definition) is 6. The fraction of sp³-hybridized carbons (Fsp3) is 0.238. The Bertz CT molecular complexity index is 1040. The van der Waals surface area contributed by atoms with Crippen LogP contribution in [0.3, 0.4) is 0 Å². The average molecular weight is 445 g/mol. The van der Waals surface area contributed by atoms with Crippen molar-refractivity contribution in [2.24, 2.45) is 0 Å². The summed E-state index contributed by atoms with van der Waals surface area (Å²) in [5.41, 5.74) is 1.41. The Labute approximate surface area is 183 Å². The first kappa shape index (κ1) is 21.9. The zero-order chi connectivity index (χ0) is 21.5. The lowest BCUT2D eigenvalue weighted by Gasteiger charge is -2.11. The van der Waals surface area contributed by atoms with Crippen LogP contribution in [0.15, 0.2) is 53.7 Å². The van der Waals surface area contributed by atoms with Crippen molar-refractivity contribution in [2.75, 3.05) is 19.4 Å². The van der Waals surface area contributed by atoms with Crippen molar-refractivity contribution >= 4 is 35.1 Å². The number of rotatable bonds is 9. The third-order valence-corrected chi connectivity index (χ3v) is 5.41. The third kappa shape index (κ3) is 5.61. The van der Waals surface area contributed by atoms with Gasteiger partial charge in [0.1, 0.15) is 11.6 Å². The van der Waals surface area contributed by atoms with Crippen molar-refractivity contribution in [1.82, 2.24) is 20.1 Å². The fourth-order valence-electron chi connectivity index (χ4n) is 2.76. The second-order valence-electron chi connectivity index (χ2n) is 6.39. The molecule has 0 aliphatic carbocycles. The Balaban J connectivity index is 1.83. The van der Waals surface area contributed by atoms with Crippen LogP contribution in [0.1, 0.15) is 23.1 Å². The van der Waals surface area contributed by atoms with E-state index in [-0.39, 0.29) is 17.4 Å². The summed E-state index contributed by atoms with van der Waals surface area (Å²) in [6.07, 6.45) is 0.496. The van der Waals surface area contributed by atoms with Crippen molar-refractivity contribution in [1.29, 1.82) is 0 Å². The Kier molecular flexibility index (Phi) is 7.48. The van der Waals surface area contributed by atoms with Gasteiger partial charge in [0.05, 0.1) is 18.6 Å². The molecule has 2 aromatic carbocycles. The first-order valence-corrected chi connectivity index (χ1v) is 10.6. The third-order valence-electron chi connectivity index (χ3n) is 4.23. The molecule has 0 atom stereocenters. The van der Waals surface area contributed by atoms with Gasteiger partial charge in [-0.15, -0.1) is 10.2 Å². The molecule has 0 saturated carbocycles. The van der Waals surface area contributed by atoms with Gasteiger partial charge < -0.3 is 10.1 Å². The quantitative estimate of drug-likeness (QED) is 0.401. The summed E-state index contributed by atoms with van der Waals surface area (Å²) in [7, 11) is 1.60. The Morgan fingerprint density at radius 1 is 1.17 bits per heavy atom. The highest BCUT2D eigenvalue weighted by atomic mass is 35.5. The highest BCUT2D eigenvalue weighted by Crippen LogP contribution is 2.25. The van der Waals surface area contributed by atoms with Gasteiger partial charge in [-0.05, 0) is 36.4 Å². The number of aromatic nitrogens is 3. The van der Waals surface area contributed by atoms with Gasteiger partial charge in [0.25, 0.3) is 0 Å². The summed E-state index contributed by atoms with van der Waals surface area (Å²) >= 11 is 7.19.